The molecular weight excluding hydrogens is 488 g/mol. The van der Waals surface area contributed by atoms with Gasteiger partial charge in [0.1, 0.15) is 31.5 Å². The van der Waals surface area contributed by atoms with Crippen molar-refractivity contribution in [3.05, 3.63) is 12.3 Å². The van der Waals surface area contributed by atoms with E-state index in [0.717, 1.165) is 20.8 Å². The Morgan fingerprint density at radius 2 is 1.25 bits per heavy atom. The fourth-order valence-electron chi connectivity index (χ4n) is 3.55. The summed E-state index contributed by atoms with van der Waals surface area (Å²) in [6.07, 6.45) is -7.99. The maximum atomic E-state index is 11.8. The standard InChI is InChI=1S/C22H30O14/c1-10(23)30-8-16-18(28)20(33-13(4)26)21(34-14(5)27)22(35-16)36-19-15(32-12(3)25)6-7-29-17(19)9-31-11(2)24/h6-7,15-22,28H,8-9H2,1-5H3/t15-,16-,17-,18-,19+,20+,21-,22+/m1/s1. The molecule has 2 aliphatic rings. The first-order chi connectivity index (χ1) is 16.9. The molecule has 1 saturated heterocycles. The van der Waals surface area contributed by atoms with Gasteiger partial charge >= 0.3 is 29.8 Å². The number of hydrogen-bond donors (Lipinski definition) is 1. The summed E-state index contributed by atoms with van der Waals surface area (Å²) in [5.74, 6) is -3.56. The summed E-state index contributed by atoms with van der Waals surface area (Å²) in [5.41, 5.74) is 0. The maximum Gasteiger partial charge on any atom is 0.303 e. The first-order valence-electron chi connectivity index (χ1n) is 11.0. The van der Waals surface area contributed by atoms with E-state index in [0.29, 0.717) is 0 Å². The van der Waals surface area contributed by atoms with Crippen LogP contribution in [0.5, 0.6) is 0 Å². The Morgan fingerprint density at radius 1 is 0.722 bits per heavy atom. The normalized spacial score (nSPS) is 31.4. The summed E-state index contributed by atoms with van der Waals surface area (Å²) in [4.78, 5) is 57.9. The van der Waals surface area contributed by atoms with Gasteiger partial charge in [-0.2, -0.15) is 0 Å². The van der Waals surface area contributed by atoms with Crippen LogP contribution in [0.4, 0.5) is 0 Å². The van der Waals surface area contributed by atoms with Gasteiger partial charge in [0.15, 0.2) is 30.7 Å². The zero-order valence-corrected chi connectivity index (χ0v) is 20.4. The summed E-state index contributed by atoms with van der Waals surface area (Å²) in [6, 6.07) is 0. The molecule has 0 spiro atoms. The Kier molecular flexibility index (Phi) is 10.6. The third kappa shape index (κ3) is 8.46. The first kappa shape index (κ1) is 29.0. The molecule has 0 radical (unpaired) electrons. The highest BCUT2D eigenvalue weighted by Crippen LogP contribution is 2.31. The summed E-state index contributed by atoms with van der Waals surface area (Å²) < 4.78 is 43.0. The van der Waals surface area contributed by atoms with Gasteiger partial charge < -0.3 is 43.0 Å². The summed E-state index contributed by atoms with van der Waals surface area (Å²) >= 11 is 0. The molecule has 8 atom stereocenters. The highest BCUT2D eigenvalue weighted by atomic mass is 16.7. The van der Waals surface area contributed by atoms with Crippen LogP contribution in [-0.2, 0) is 61.9 Å². The van der Waals surface area contributed by atoms with Crippen LogP contribution in [0.25, 0.3) is 0 Å². The molecule has 14 heteroatoms. The van der Waals surface area contributed by atoms with Crippen molar-refractivity contribution >= 4 is 29.8 Å². The molecule has 2 aliphatic heterocycles. The molecule has 0 aromatic heterocycles. The molecule has 202 valence electrons. The first-order valence-corrected chi connectivity index (χ1v) is 11.0. The predicted molar refractivity (Wildman–Crippen MR) is 113 cm³/mol. The number of aliphatic hydroxyl groups is 1. The lowest BCUT2D eigenvalue weighted by atomic mass is 9.98. The molecule has 2 heterocycles. The van der Waals surface area contributed by atoms with Gasteiger partial charge in [0.2, 0.25) is 0 Å². The molecule has 1 N–H and O–H groups in total. The Bertz CT molecular complexity index is 854. The van der Waals surface area contributed by atoms with Crippen LogP contribution in [0, 0.1) is 0 Å². The third-order valence-electron chi connectivity index (χ3n) is 4.93. The second-order valence-electron chi connectivity index (χ2n) is 7.96. The van der Waals surface area contributed by atoms with E-state index in [1.807, 2.05) is 0 Å². The summed E-state index contributed by atoms with van der Waals surface area (Å²) in [7, 11) is 0. The highest BCUT2D eigenvalue weighted by molar-refractivity contribution is 5.68. The minimum absolute atomic E-state index is 0.306. The number of hydrogen-bond acceptors (Lipinski definition) is 14. The van der Waals surface area contributed by atoms with E-state index in [4.69, 9.17) is 37.9 Å². The number of esters is 5. The quantitative estimate of drug-likeness (QED) is 0.299. The number of carbonyl (C=O) groups excluding carboxylic acids is 5. The molecule has 0 aromatic rings. The van der Waals surface area contributed by atoms with Crippen LogP contribution in [0.3, 0.4) is 0 Å². The summed E-state index contributed by atoms with van der Waals surface area (Å²) in [5, 5.41) is 10.8. The molecular formula is C22H30O14. The Morgan fingerprint density at radius 3 is 1.78 bits per heavy atom. The van der Waals surface area contributed by atoms with E-state index in [2.05, 4.69) is 0 Å². The molecule has 2 rings (SSSR count). The Balaban J connectivity index is 2.42. The van der Waals surface area contributed by atoms with Gasteiger partial charge in [-0.15, -0.1) is 0 Å². The van der Waals surface area contributed by atoms with Crippen molar-refractivity contribution < 1.29 is 67.0 Å². The average Bonchev–Trinajstić information content (AvgIpc) is 2.76. The smallest absolute Gasteiger partial charge is 0.303 e. The molecule has 36 heavy (non-hydrogen) atoms. The fourth-order valence-corrected chi connectivity index (χ4v) is 3.55. The van der Waals surface area contributed by atoms with Crippen molar-refractivity contribution in [2.24, 2.45) is 0 Å². The SMILES string of the molecule is CC(=O)OC[C@H]1O[C@@H](O[C@H]2[C@H](OC(C)=O)C=CO[C@@H]2COC(C)=O)[C@H](OC(C)=O)[C@@H](OC(C)=O)[C@@H]1O. The fraction of sp³-hybridized carbons (Fsp3) is 0.682. The second kappa shape index (κ2) is 13.2. The van der Waals surface area contributed by atoms with Crippen molar-refractivity contribution in [3.63, 3.8) is 0 Å². The van der Waals surface area contributed by atoms with Crippen LogP contribution >= 0.6 is 0 Å². The van der Waals surface area contributed by atoms with E-state index in [-0.39, 0.29) is 6.61 Å². The van der Waals surface area contributed by atoms with Crippen LogP contribution < -0.4 is 0 Å². The molecule has 1 fully saturated rings. The molecule has 0 unspecified atom stereocenters. The van der Waals surface area contributed by atoms with Crippen LogP contribution in [0.1, 0.15) is 34.6 Å². The number of aliphatic hydroxyl groups excluding tert-OH is 1. The van der Waals surface area contributed by atoms with E-state index < -0.39 is 85.5 Å². The molecule has 14 nitrogen and oxygen atoms in total. The lowest BCUT2D eigenvalue weighted by Gasteiger charge is -2.45. The van der Waals surface area contributed by atoms with Crippen LogP contribution in [-0.4, -0.2) is 97.2 Å². The number of ether oxygens (including phenoxy) is 8. The molecule has 0 amide bonds. The van der Waals surface area contributed by atoms with E-state index in [1.165, 1.54) is 26.2 Å². The van der Waals surface area contributed by atoms with Crippen molar-refractivity contribution in [1.82, 2.24) is 0 Å². The Hall–Kier alpha value is -3.23. The van der Waals surface area contributed by atoms with Gasteiger partial charge in [-0.3, -0.25) is 24.0 Å². The van der Waals surface area contributed by atoms with Crippen LogP contribution in [0.2, 0.25) is 0 Å². The van der Waals surface area contributed by atoms with Crippen LogP contribution in [0.15, 0.2) is 12.3 Å². The highest BCUT2D eigenvalue weighted by Gasteiger charge is 2.52. The second-order valence-corrected chi connectivity index (χ2v) is 7.96. The average molecular weight is 518 g/mol. The van der Waals surface area contributed by atoms with Gasteiger partial charge in [0, 0.05) is 34.6 Å². The zero-order chi connectivity index (χ0) is 27.0. The van der Waals surface area contributed by atoms with Crippen molar-refractivity contribution in [2.45, 2.75) is 83.6 Å². The predicted octanol–water partition coefficient (Wildman–Crippen LogP) is -0.709. The Labute approximate surface area is 206 Å². The maximum absolute atomic E-state index is 11.8. The molecule has 0 aromatic carbocycles. The van der Waals surface area contributed by atoms with Gasteiger partial charge in [-0.05, 0) is 6.08 Å². The molecule has 0 aliphatic carbocycles. The summed E-state index contributed by atoms with van der Waals surface area (Å²) in [6.45, 7) is 4.90. The van der Waals surface area contributed by atoms with Crippen molar-refractivity contribution in [3.8, 4) is 0 Å². The zero-order valence-electron chi connectivity index (χ0n) is 20.4. The lowest BCUT2D eigenvalue weighted by molar-refractivity contribution is -0.327. The molecule has 0 bridgehead atoms. The number of rotatable bonds is 9. The minimum Gasteiger partial charge on any atom is -0.492 e. The monoisotopic (exact) mass is 518 g/mol. The van der Waals surface area contributed by atoms with Crippen molar-refractivity contribution in [2.75, 3.05) is 13.2 Å². The lowest BCUT2D eigenvalue weighted by Crippen LogP contribution is -2.63. The van der Waals surface area contributed by atoms with Crippen molar-refractivity contribution in [1.29, 1.82) is 0 Å². The topological polar surface area (TPSA) is 179 Å². The molecule has 0 saturated carbocycles. The van der Waals surface area contributed by atoms with Gasteiger partial charge in [0.25, 0.3) is 0 Å². The van der Waals surface area contributed by atoms with E-state index in [9.17, 15) is 29.1 Å². The van der Waals surface area contributed by atoms with E-state index >= 15 is 0 Å². The third-order valence-corrected chi connectivity index (χ3v) is 4.93. The van der Waals surface area contributed by atoms with Gasteiger partial charge in [-0.1, -0.05) is 0 Å². The van der Waals surface area contributed by atoms with E-state index in [1.54, 1.807) is 0 Å². The largest absolute Gasteiger partial charge is 0.492 e. The van der Waals surface area contributed by atoms with Gasteiger partial charge in [-0.25, -0.2) is 0 Å². The minimum atomic E-state index is -1.58. The van der Waals surface area contributed by atoms with Gasteiger partial charge in [0.05, 0.1) is 6.26 Å². The number of carbonyl (C=O) groups is 5.